The lowest BCUT2D eigenvalue weighted by atomic mass is 10.4. The SMILES string of the molecule is C=C/C=C(\C=C)OC(=O)N1CCNCC1. The molecule has 1 heterocycles. The number of allylic oxidation sites excluding steroid dienone is 3. The molecule has 1 rings (SSSR count). The Kier molecular flexibility index (Phi) is 4.63. The van der Waals surface area contributed by atoms with Crippen LogP contribution in [0.5, 0.6) is 0 Å². The van der Waals surface area contributed by atoms with Gasteiger partial charge in [-0.25, -0.2) is 4.79 Å². The molecule has 1 aliphatic heterocycles. The van der Waals surface area contributed by atoms with E-state index in [1.807, 2.05) is 0 Å². The van der Waals surface area contributed by atoms with E-state index in [4.69, 9.17) is 4.74 Å². The summed E-state index contributed by atoms with van der Waals surface area (Å²) < 4.78 is 5.11. The Morgan fingerprint density at radius 2 is 2.00 bits per heavy atom. The molecule has 0 aromatic heterocycles. The molecule has 1 N–H and O–H groups in total. The van der Waals surface area contributed by atoms with Crippen LogP contribution in [0.2, 0.25) is 0 Å². The molecule has 1 amide bonds. The van der Waals surface area contributed by atoms with Gasteiger partial charge in [-0.1, -0.05) is 19.2 Å². The van der Waals surface area contributed by atoms with Gasteiger partial charge >= 0.3 is 6.09 Å². The zero-order chi connectivity index (χ0) is 11.1. The predicted molar refractivity (Wildman–Crippen MR) is 59.4 cm³/mol. The summed E-state index contributed by atoms with van der Waals surface area (Å²) in [5, 5.41) is 3.16. The molecule has 0 saturated carbocycles. The number of carbonyl (C=O) groups excluding carboxylic acids is 1. The standard InChI is InChI=1S/C11H16N2O2/c1-3-5-10(4-2)15-11(14)13-8-6-12-7-9-13/h3-5,12H,1-2,6-9H2/b10-5+. The van der Waals surface area contributed by atoms with Gasteiger partial charge in [-0.05, 0) is 12.2 Å². The predicted octanol–water partition coefficient (Wildman–Crippen LogP) is 1.28. The van der Waals surface area contributed by atoms with E-state index < -0.39 is 0 Å². The molecule has 82 valence electrons. The van der Waals surface area contributed by atoms with Gasteiger partial charge in [-0.15, -0.1) is 0 Å². The molecule has 15 heavy (non-hydrogen) atoms. The Hall–Kier alpha value is -1.55. The first-order valence-corrected chi connectivity index (χ1v) is 4.90. The second-order valence-electron chi connectivity index (χ2n) is 3.11. The maximum atomic E-state index is 11.6. The first kappa shape index (κ1) is 11.5. The van der Waals surface area contributed by atoms with Crippen LogP contribution in [-0.4, -0.2) is 37.2 Å². The zero-order valence-electron chi connectivity index (χ0n) is 8.74. The number of hydrogen-bond donors (Lipinski definition) is 1. The maximum Gasteiger partial charge on any atom is 0.415 e. The van der Waals surface area contributed by atoms with Gasteiger partial charge in [0.25, 0.3) is 0 Å². The van der Waals surface area contributed by atoms with Crippen molar-refractivity contribution < 1.29 is 9.53 Å². The van der Waals surface area contributed by atoms with Crippen molar-refractivity contribution in [1.29, 1.82) is 0 Å². The second kappa shape index (κ2) is 6.03. The largest absolute Gasteiger partial charge is 0.415 e. The molecule has 1 fully saturated rings. The van der Waals surface area contributed by atoms with Crippen molar-refractivity contribution in [3.63, 3.8) is 0 Å². The lowest BCUT2D eigenvalue weighted by Crippen LogP contribution is -2.46. The molecule has 0 radical (unpaired) electrons. The third kappa shape index (κ3) is 3.59. The number of carbonyl (C=O) groups is 1. The van der Waals surface area contributed by atoms with Crippen molar-refractivity contribution in [1.82, 2.24) is 10.2 Å². The van der Waals surface area contributed by atoms with E-state index in [1.165, 1.54) is 6.08 Å². The third-order valence-corrected chi connectivity index (χ3v) is 2.06. The van der Waals surface area contributed by atoms with Crippen LogP contribution in [0.4, 0.5) is 4.79 Å². The molecule has 0 atom stereocenters. The van der Waals surface area contributed by atoms with Crippen molar-refractivity contribution in [2.45, 2.75) is 0 Å². The van der Waals surface area contributed by atoms with Crippen molar-refractivity contribution in [2.75, 3.05) is 26.2 Å². The first-order chi connectivity index (χ1) is 7.27. The molecule has 0 spiro atoms. The van der Waals surface area contributed by atoms with Gasteiger partial charge in [-0.2, -0.15) is 0 Å². The van der Waals surface area contributed by atoms with Crippen LogP contribution in [0, 0.1) is 0 Å². The average molecular weight is 208 g/mol. The van der Waals surface area contributed by atoms with Crippen molar-refractivity contribution in [3.05, 3.63) is 37.1 Å². The molecule has 1 aliphatic rings. The molecule has 4 heteroatoms. The summed E-state index contributed by atoms with van der Waals surface area (Å²) >= 11 is 0. The number of ether oxygens (including phenoxy) is 1. The van der Waals surface area contributed by atoms with Gasteiger partial charge < -0.3 is 15.0 Å². The fraction of sp³-hybridized carbons (Fsp3) is 0.364. The second-order valence-corrected chi connectivity index (χ2v) is 3.11. The summed E-state index contributed by atoms with van der Waals surface area (Å²) in [6.07, 6.45) is 4.32. The highest BCUT2D eigenvalue weighted by Crippen LogP contribution is 2.04. The van der Waals surface area contributed by atoms with E-state index in [-0.39, 0.29) is 6.09 Å². The highest BCUT2D eigenvalue weighted by Gasteiger charge is 2.17. The molecule has 0 aromatic rings. The fourth-order valence-corrected chi connectivity index (χ4v) is 1.27. The lowest BCUT2D eigenvalue weighted by molar-refractivity contribution is 0.125. The highest BCUT2D eigenvalue weighted by molar-refractivity contribution is 5.69. The number of piperazine rings is 1. The van der Waals surface area contributed by atoms with Crippen LogP contribution in [-0.2, 0) is 4.74 Å². The average Bonchev–Trinajstić information content (AvgIpc) is 2.29. The van der Waals surface area contributed by atoms with Crippen LogP contribution in [0.25, 0.3) is 0 Å². The number of hydrogen-bond acceptors (Lipinski definition) is 3. The van der Waals surface area contributed by atoms with E-state index >= 15 is 0 Å². The smallest absolute Gasteiger partial charge is 0.410 e. The van der Waals surface area contributed by atoms with Gasteiger partial charge in [0.05, 0.1) is 0 Å². The Morgan fingerprint density at radius 1 is 1.33 bits per heavy atom. The zero-order valence-corrected chi connectivity index (χ0v) is 8.74. The van der Waals surface area contributed by atoms with Crippen LogP contribution in [0.15, 0.2) is 37.1 Å². The van der Waals surface area contributed by atoms with Crippen LogP contribution >= 0.6 is 0 Å². The molecule has 0 aliphatic carbocycles. The van der Waals surface area contributed by atoms with E-state index in [1.54, 1.807) is 17.1 Å². The van der Waals surface area contributed by atoms with E-state index in [0.717, 1.165) is 13.1 Å². The molecule has 4 nitrogen and oxygen atoms in total. The Bertz CT molecular complexity index is 278. The summed E-state index contributed by atoms with van der Waals surface area (Å²) in [6.45, 7) is 10.1. The maximum absolute atomic E-state index is 11.6. The van der Waals surface area contributed by atoms with Crippen LogP contribution < -0.4 is 5.32 Å². The highest BCUT2D eigenvalue weighted by atomic mass is 16.6. The van der Waals surface area contributed by atoms with Crippen LogP contribution in [0.1, 0.15) is 0 Å². The third-order valence-electron chi connectivity index (χ3n) is 2.06. The Morgan fingerprint density at radius 3 is 2.53 bits per heavy atom. The first-order valence-electron chi connectivity index (χ1n) is 4.90. The lowest BCUT2D eigenvalue weighted by Gasteiger charge is -2.26. The monoisotopic (exact) mass is 208 g/mol. The minimum atomic E-state index is -0.329. The number of amides is 1. The summed E-state index contributed by atoms with van der Waals surface area (Å²) in [5.41, 5.74) is 0. The minimum Gasteiger partial charge on any atom is -0.410 e. The van der Waals surface area contributed by atoms with Crippen molar-refractivity contribution in [3.8, 4) is 0 Å². The van der Waals surface area contributed by atoms with Gasteiger partial charge in [0.1, 0.15) is 5.76 Å². The number of rotatable bonds is 3. The summed E-state index contributed by atoms with van der Waals surface area (Å²) in [6, 6.07) is 0. The topological polar surface area (TPSA) is 41.6 Å². The summed E-state index contributed by atoms with van der Waals surface area (Å²) in [4.78, 5) is 13.3. The fourth-order valence-electron chi connectivity index (χ4n) is 1.27. The number of nitrogens with one attached hydrogen (secondary N) is 1. The molecule has 0 aromatic carbocycles. The van der Waals surface area contributed by atoms with Gasteiger partial charge in [0, 0.05) is 26.2 Å². The summed E-state index contributed by atoms with van der Waals surface area (Å²) in [7, 11) is 0. The van der Waals surface area contributed by atoms with E-state index in [9.17, 15) is 4.79 Å². The Balaban J connectivity index is 2.49. The molecule has 0 bridgehead atoms. The van der Waals surface area contributed by atoms with Crippen molar-refractivity contribution >= 4 is 6.09 Å². The van der Waals surface area contributed by atoms with Gasteiger partial charge in [0.2, 0.25) is 0 Å². The normalized spacial score (nSPS) is 17.1. The van der Waals surface area contributed by atoms with E-state index in [0.29, 0.717) is 18.8 Å². The van der Waals surface area contributed by atoms with E-state index in [2.05, 4.69) is 18.5 Å². The van der Waals surface area contributed by atoms with Gasteiger partial charge in [0.15, 0.2) is 0 Å². The quantitative estimate of drug-likeness (QED) is 0.561. The Labute approximate surface area is 89.9 Å². The minimum absolute atomic E-state index is 0.329. The number of nitrogens with zero attached hydrogens (tertiary/aromatic N) is 1. The summed E-state index contributed by atoms with van der Waals surface area (Å²) in [5.74, 6) is 0.425. The van der Waals surface area contributed by atoms with Crippen molar-refractivity contribution in [2.24, 2.45) is 0 Å². The molecular formula is C11H16N2O2. The van der Waals surface area contributed by atoms with Gasteiger partial charge in [-0.3, -0.25) is 0 Å². The molecule has 1 saturated heterocycles. The van der Waals surface area contributed by atoms with Crippen LogP contribution in [0.3, 0.4) is 0 Å². The molecule has 0 unspecified atom stereocenters. The molecular weight excluding hydrogens is 192 g/mol.